The molecular formula is C19H20O2. The van der Waals surface area contributed by atoms with Gasteiger partial charge in [0.25, 0.3) is 0 Å². The molecule has 0 amide bonds. The fourth-order valence-electron chi connectivity index (χ4n) is 3.23. The van der Waals surface area contributed by atoms with Crippen molar-refractivity contribution in [1.82, 2.24) is 0 Å². The third-order valence-electron chi connectivity index (χ3n) is 4.15. The van der Waals surface area contributed by atoms with Crippen LogP contribution < -0.4 is 0 Å². The smallest absolute Gasteiger partial charge is 0.303 e. The van der Waals surface area contributed by atoms with Crippen LogP contribution in [0.3, 0.4) is 0 Å². The molecule has 0 heterocycles. The van der Waals surface area contributed by atoms with Gasteiger partial charge in [-0.2, -0.15) is 0 Å². The quantitative estimate of drug-likeness (QED) is 0.751. The SMILES string of the molecule is CCCCC1(OC(C)=O)C=Cc2cccc3cccc1c23. The third kappa shape index (κ3) is 2.35. The summed E-state index contributed by atoms with van der Waals surface area (Å²) < 4.78 is 5.80. The number of carbonyl (C=O) groups excluding carboxylic acids is 1. The van der Waals surface area contributed by atoms with Gasteiger partial charge in [0.05, 0.1) is 0 Å². The van der Waals surface area contributed by atoms with E-state index in [1.165, 1.54) is 23.3 Å². The molecule has 21 heavy (non-hydrogen) atoms. The van der Waals surface area contributed by atoms with Crippen LogP contribution in [0.5, 0.6) is 0 Å². The average Bonchev–Trinajstić information content (AvgIpc) is 2.48. The predicted octanol–water partition coefficient (Wildman–Crippen LogP) is 4.82. The second-order valence-corrected chi connectivity index (χ2v) is 5.67. The van der Waals surface area contributed by atoms with Crippen molar-refractivity contribution in [2.75, 3.05) is 0 Å². The standard InChI is InChI=1S/C19H20O2/c1-3-4-12-19(21-14(2)20)13-11-16-8-5-7-15-9-6-10-17(19)18(15)16/h5-11,13H,3-4,12H2,1-2H3. The highest BCUT2D eigenvalue weighted by atomic mass is 16.6. The lowest BCUT2D eigenvalue weighted by Gasteiger charge is -2.34. The predicted molar refractivity (Wildman–Crippen MR) is 86.0 cm³/mol. The van der Waals surface area contributed by atoms with Crippen LogP contribution in [0.1, 0.15) is 44.2 Å². The second kappa shape index (κ2) is 5.36. The summed E-state index contributed by atoms with van der Waals surface area (Å²) in [6.45, 7) is 3.64. The van der Waals surface area contributed by atoms with Crippen molar-refractivity contribution in [3.8, 4) is 0 Å². The summed E-state index contributed by atoms with van der Waals surface area (Å²) in [7, 11) is 0. The maximum Gasteiger partial charge on any atom is 0.303 e. The summed E-state index contributed by atoms with van der Waals surface area (Å²) in [5, 5.41) is 2.40. The van der Waals surface area contributed by atoms with Gasteiger partial charge in [0.15, 0.2) is 5.60 Å². The van der Waals surface area contributed by atoms with Crippen molar-refractivity contribution in [2.24, 2.45) is 0 Å². The van der Waals surface area contributed by atoms with Gasteiger partial charge in [0, 0.05) is 12.5 Å². The molecule has 1 aliphatic rings. The first-order valence-electron chi connectivity index (χ1n) is 7.57. The van der Waals surface area contributed by atoms with E-state index in [1.54, 1.807) is 0 Å². The van der Waals surface area contributed by atoms with Crippen molar-refractivity contribution in [1.29, 1.82) is 0 Å². The molecule has 0 N–H and O–H groups in total. The first-order chi connectivity index (χ1) is 10.2. The second-order valence-electron chi connectivity index (χ2n) is 5.67. The molecule has 3 rings (SSSR count). The van der Waals surface area contributed by atoms with Crippen molar-refractivity contribution in [2.45, 2.75) is 38.7 Å². The lowest BCUT2D eigenvalue weighted by Crippen LogP contribution is -2.31. The van der Waals surface area contributed by atoms with Crippen LogP contribution in [0.15, 0.2) is 42.5 Å². The van der Waals surface area contributed by atoms with Crippen LogP contribution >= 0.6 is 0 Å². The van der Waals surface area contributed by atoms with E-state index in [-0.39, 0.29) is 5.97 Å². The molecule has 0 radical (unpaired) electrons. The van der Waals surface area contributed by atoms with Crippen LogP contribution in [0.2, 0.25) is 0 Å². The zero-order valence-electron chi connectivity index (χ0n) is 12.6. The molecule has 108 valence electrons. The molecule has 1 atom stereocenters. The molecule has 0 bridgehead atoms. The first kappa shape index (κ1) is 13.9. The Bertz CT molecular complexity index is 709. The van der Waals surface area contributed by atoms with Gasteiger partial charge in [0.1, 0.15) is 0 Å². The molecule has 0 saturated carbocycles. The molecule has 0 saturated heterocycles. The number of carbonyl (C=O) groups is 1. The Balaban J connectivity index is 2.21. The van der Waals surface area contributed by atoms with E-state index in [1.807, 2.05) is 6.07 Å². The molecule has 1 unspecified atom stereocenters. The number of rotatable bonds is 4. The minimum Gasteiger partial charge on any atom is -0.450 e. The van der Waals surface area contributed by atoms with Gasteiger partial charge < -0.3 is 4.74 Å². The number of unbranched alkanes of at least 4 members (excludes halogenated alkanes) is 1. The maximum absolute atomic E-state index is 11.7. The minimum absolute atomic E-state index is 0.230. The molecule has 0 aromatic heterocycles. The van der Waals surface area contributed by atoms with Gasteiger partial charge in [-0.15, -0.1) is 0 Å². The average molecular weight is 280 g/mol. The largest absolute Gasteiger partial charge is 0.450 e. The lowest BCUT2D eigenvalue weighted by atomic mass is 9.79. The Morgan fingerprint density at radius 2 is 1.95 bits per heavy atom. The Hall–Kier alpha value is -2.09. The monoisotopic (exact) mass is 280 g/mol. The molecule has 1 aliphatic carbocycles. The van der Waals surface area contributed by atoms with Gasteiger partial charge in [-0.3, -0.25) is 4.79 Å². The molecule has 2 aromatic rings. The maximum atomic E-state index is 11.7. The van der Waals surface area contributed by atoms with Gasteiger partial charge in [-0.05, 0) is 35.3 Å². The highest BCUT2D eigenvalue weighted by Gasteiger charge is 2.36. The van der Waals surface area contributed by atoms with Crippen molar-refractivity contribution < 1.29 is 9.53 Å². The normalized spacial score (nSPS) is 19.7. The van der Waals surface area contributed by atoms with Gasteiger partial charge in [-0.25, -0.2) is 0 Å². The molecule has 2 nitrogen and oxygen atoms in total. The van der Waals surface area contributed by atoms with E-state index >= 15 is 0 Å². The molecule has 0 fully saturated rings. The van der Waals surface area contributed by atoms with E-state index in [0.29, 0.717) is 0 Å². The van der Waals surface area contributed by atoms with Crippen LogP contribution in [-0.2, 0) is 15.1 Å². The fourth-order valence-corrected chi connectivity index (χ4v) is 3.23. The molecular weight excluding hydrogens is 260 g/mol. The van der Waals surface area contributed by atoms with Crippen LogP contribution in [0, 0.1) is 0 Å². The number of ether oxygens (including phenoxy) is 1. The van der Waals surface area contributed by atoms with Gasteiger partial charge >= 0.3 is 5.97 Å². The Labute approximate surface area is 125 Å². The Morgan fingerprint density at radius 1 is 1.19 bits per heavy atom. The summed E-state index contributed by atoms with van der Waals surface area (Å²) in [5.74, 6) is -0.230. The number of hydrogen-bond donors (Lipinski definition) is 0. The van der Waals surface area contributed by atoms with E-state index in [4.69, 9.17) is 4.74 Å². The molecule has 0 aliphatic heterocycles. The van der Waals surface area contributed by atoms with E-state index in [9.17, 15) is 4.79 Å². The summed E-state index contributed by atoms with van der Waals surface area (Å²) in [6, 6.07) is 12.5. The molecule has 2 aromatic carbocycles. The first-order valence-corrected chi connectivity index (χ1v) is 7.57. The van der Waals surface area contributed by atoms with Crippen LogP contribution in [-0.4, -0.2) is 5.97 Å². The minimum atomic E-state index is -0.615. The van der Waals surface area contributed by atoms with Gasteiger partial charge in [-0.1, -0.05) is 55.8 Å². The third-order valence-corrected chi connectivity index (χ3v) is 4.15. The summed E-state index contributed by atoms with van der Waals surface area (Å²) >= 11 is 0. The van der Waals surface area contributed by atoms with Crippen molar-refractivity contribution in [3.05, 3.63) is 53.6 Å². The van der Waals surface area contributed by atoms with E-state index in [0.717, 1.165) is 24.8 Å². The number of esters is 1. The van der Waals surface area contributed by atoms with Crippen molar-refractivity contribution in [3.63, 3.8) is 0 Å². The van der Waals surface area contributed by atoms with E-state index < -0.39 is 5.60 Å². The molecule has 2 heteroatoms. The zero-order chi connectivity index (χ0) is 14.9. The number of benzene rings is 2. The summed E-state index contributed by atoms with van der Waals surface area (Å²) in [5.41, 5.74) is 1.69. The van der Waals surface area contributed by atoms with Crippen LogP contribution in [0.4, 0.5) is 0 Å². The zero-order valence-corrected chi connectivity index (χ0v) is 12.6. The highest BCUT2D eigenvalue weighted by Crippen LogP contribution is 2.42. The van der Waals surface area contributed by atoms with Crippen LogP contribution in [0.25, 0.3) is 16.8 Å². The highest BCUT2D eigenvalue weighted by molar-refractivity contribution is 5.96. The number of hydrogen-bond acceptors (Lipinski definition) is 2. The van der Waals surface area contributed by atoms with Crippen molar-refractivity contribution >= 4 is 22.8 Å². The van der Waals surface area contributed by atoms with E-state index in [2.05, 4.69) is 49.4 Å². The Kier molecular flexibility index (Phi) is 3.54. The lowest BCUT2D eigenvalue weighted by molar-refractivity contribution is -0.153. The Morgan fingerprint density at radius 3 is 2.67 bits per heavy atom. The summed E-state index contributed by atoms with van der Waals surface area (Å²) in [6.07, 6.45) is 7.08. The topological polar surface area (TPSA) is 26.3 Å². The van der Waals surface area contributed by atoms with Gasteiger partial charge in [0.2, 0.25) is 0 Å². The summed E-state index contributed by atoms with van der Waals surface area (Å²) in [4.78, 5) is 11.7. The fraction of sp³-hybridized carbons (Fsp3) is 0.316. The molecule has 0 spiro atoms.